The van der Waals surface area contributed by atoms with Crippen molar-refractivity contribution in [1.82, 2.24) is 10.6 Å². The predicted molar refractivity (Wildman–Crippen MR) is 116 cm³/mol. The topological polar surface area (TPSA) is 53.5 Å². The van der Waals surface area contributed by atoms with Crippen LogP contribution in [0.5, 0.6) is 0 Å². The van der Waals surface area contributed by atoms with E-state index in [9.17, 15) is 4.21 Å². The second kappa shape index (κ2) is 9.22. The summed E-state index contributed by atoms with van der Waals surface area (Å²) >= 11 is 0. The van der Waals surface area contributed by atoms with Gasteiger partial charge in [-0.05, 0) is 57.1 Å². The molecule has 0 spiro atoms. The molecule has 1 aromatic rings. The summed E-state index contributed by atoms with van der Waals surface area (Å²) in [6.07, 6.45) is 6.84. The molecule has 2 N–H and O–H groups in total. The summed E-state index contributed by atoms with van der Waals surface area (Å²) < 4.78 is 12.2. The molecule has 0 bridgehead atoms. The summed E-state index contributed by atoms with van der Waals surface area (Å²) in [5, 5.41) is 7.39. The van der Waals surface area contributed by atoms with Crippen molar-refractivity contribution in [1.29, 1.82) is 0 Å². The monoisotopic (exact) mass is 389 g/mol. The summed E-state index contributed by atoms with van der Waals surface area (Å²) in [6.45, 7) is 8.05. The van der Waals surface area contributed by atoms with E-state index in [1.807, 2.05) is 6.92 Å². The molecule has 0 radical (unpaired) electrons. The van der Waals surface area contributed by atoms with Crippen LogP contribution in [0, 0.1) is 6.92 Å². The molecule has 3 unspecified atom stereocenters. The Morgan fingerprint density at radius 2 is 2.04 bits per heavy atom. The van der Waals surface area contributed by atoms with Gasteiger partial charge in [0.05, 0.1) is 6.54 Å². The largest absolute Gasteiger partial charge is 0.357 e. The fraction of sp³-hybridized carbons (Fsp3) is 0.682. The molecule has 2 aliphatic carbocycles. The number of hydrogen-bond donors (Lipinski definition) is 2. The first-order valence-corrected chi connectivity index (χ1v) is 11.9. The minimum Gasteiger partial charge on any atom is -0.357 e. The molecule has 0 heterocycles. The molecular formula is C22H35N3OS. The summed E-state index contributed by atoms with van der Waals surface area (Å²) in [7, 11) is -0.688. The minimum atomic E-state index is -0.688. The third-order valence-electron chi connectivity index (χ3n) is 6.08. The first-order chi connectivity index (χ1) is 13.1. The van der Waals surface area contributed by atoms with E-state index in [4.69, 9.17) is 4.99 Å². The van der Waals surface area contributed by atoms with Crippen LogP contribution in [-0.2, 0) is 16.2 Å². The zero-order valence-electron chi connectivity index (χ0n) is 17.1. The maximum absolute atomic E-state index is 12.2. The van der Waals surface area contributed by atoms with E-state index in [1.54, 1.807) is 0 Å². The first-order valence-electron chi connectivity index (χ1n) is 10.6. The Bertz CT molecular complexity index is 684. The maximum atomic E-state index is 12.2. The van der Waals surface area contributed by atoms with E-state index in [0.717, 1.165) is 50.5 Å². The fourth-order valence-corrected chi connectivity index (χ4v) is 5.67. The average molecular weight is 390 g/mol. The van der Waals surface area contributed by atoms with Gasteiger partial charge in [-0.3, -0.25) is 9.20 Å². The second-order valence-electron chi connectivity index (χ2n) is 8.09. The Kier molecular flexibility index (Phi) is 6.96. The Labute approximate surface area is 167 Å². The number of rotatable bonds is 7. The molecule has 0 saturated heterocycles. The van der Waals surface area contributed by atoms with Gasteiger partial charge in [-0.15, -0.1) is 0 Å². The molecule has 2 aliphatic rings. The van der Waals surface area contributed by atoms with Gasteiger partial charge in [0.25, 0.3) is 0 Å². The van der Waals surface area contributed by atoms with Crippen LogP contribution in [0.25, 0.3) is 0 Å². The lowest BCUT2D eigenvalue weighted by Gasteiger charge is -2.30. The molecule has 1 aromatic carbocycles. The van der Waals surface area contributed by atoms with Gasteiger partial charge >= 0.3 is 0 Å². The van der Waals surface area contributed by atoms with Crippen LogP contribution < -0.4 is 10.6 Å². The summed E-state index contributed by atoms with van der Waals surface area (Å²) in [4.78, 5) is 4.97. The summed E-state index contributed by atoms with van der Waals surface area (Å²) in [5.41, 5.74) is 3.06. The number of aryl methyl sites for hydroxylation is 1. The molecule has 2 saturated carbocycles. The SMILES string of the molecule is CCNC(=NCC1(c2ccccc2C)CC1)NC1CCCC(S(=O)CC)C1. The Morgan fingerprint density at radius 3 is 2.70 bits per heavy atom. The standard InChI is InChI=1S/C22H35N3OS/c1-4-23-21(25-18-10-8-11-19(15-18)27(26)5-2)24-16-22(13-14-22)20-12-7-6-9-17(20)3/h6-7,9,12,18-19H,4-5,8,10-11,13-16H2,1-3H3,(H2,23,24,25). The van der Waals surface area contributed by atoms with Gasteiger partial charge < -0.3 is 10.6 Å². The number of nitrogens with one attached hydrogen (secondary N) is 2. The van der Waals surface area contributed by atoms with E-state index in [1.165, 1.54) is 24.0 Å². The smallest absolute Gasteiger partial charge is 0.191 e. The van der Waals surface area contributed by atoms with E-state index in [-0.39, 0.29) is 5.41 Å². The summed E-state index contributed by atoms with van der Waals surface area (Å²) in [6, 6.07) is 9.11. The molecule has 2 fully saturated rings. The Hall–Kier alpha value is -1.36. The lowest BCUT2D eigenvalue weighted by molar-refractivity contribution is 0.413. The van der Waals surface area contributed by atoms with Crippen LogP contribution in [0.15, 0.2) is 29.3 Å². The fourth-order valence-electron chi connectivity index (χ4n) is 4.33. The van der Waals surface area contributed by atoms with Gasteiger partial charge in [-0.1, -0.05) is 37.6 Å². The van der Waals surface area contributed by atoms with Gasteiger partial charge in [0.2, 0.25) is 0 Å². The van der Waals surface area contributed by atoms with Gasteiger partial charge in [0.15, 0.2) is 5.96 Å². The highest BCUT2D eigenvalue weighted by Crippen LogP contribution is 2.49. The molecule has 3 atom stereocenters. The second-order valence-corrected chi connectivity index (χ2v) is 10.1. The van der Waals surface area contributed by atoms with E-state index in [0.29, 0.717) is 11.3 Å². The van der Waals surface area contributed by atoms with Crippen LogP contribution in [0.1, 0.15) is 63.5 Å². The Morgan fingerprint density at radius 1 is 1.26 bits per heavy atom. The van der Waals surface area contributed by atoms with Crippen molar-refractivity contribution in [3.8, 4) is 0 Å². The Balaban J connectivity index is 1.65. The molecule has 0 aromatic heterocycles. The van der Waals surface area contributed by atoms with Crippen LogP contribution in [0.4, 0.5) is 0 Å². The van der Waals surface area contributed by atoms with Crippen molar-refractivity contribution in [3.63, 3.8) is 0 Å². The molecule has 0 amide bonds. The van der Waals surface area contributed by atoms with Gasteiger partial charge in [-0.25, -0.2) is 0 Å². The average Bonchev–Trinajstić information content (AvgIpc) is 3.47. The van der Waals surface area contributed by atoms with E-state index < -0.39 is 10.8 Å². The maximum Gasteiger partial charge on any atom is 0.191 e. The molecular weight excluding hydrogens is 354 g/mol. The van der Waals surface area contributed by atoms with Crippen molar-refractivity contribution < 1.29 is 4.21 Å². The molecule has 5 heteroatoms. The van der Waals surface area contributed by atoms with Crippen LogP contribution >= 0.6 is 0 Å². The van der Waals surface area contributed by atoms with Crippen LogP contribution in [-0.4, -0.2) is 40.3 Å². The normalized spacial score (nSPS) is 25.7. The lowest BCUT2D eigenvalue weighted by Crippen LogP contribution is -2.47. The van der Waals surface area contributed by atoms with E-state index >= 15 is 0 Å². The van der Waals surface area contributed by atoms with Crippen LogP contribution in [0.3, 0.4) is 0 Å². The van der Waals surface area contributed by atoms with Crippen molar-refractivity contribution in [3.05, 3.63) is 35.4 Å². The first kappa shape index (κ1) is 20.4. The number of benzene rings is 1. The molecule has 150 valence electrons. The third kappa shape index (κ3) is 5.13. The molecule has 3 rings (SSSR count). The van der Waals surface area contributed by atoms with Gasteiger partial charge in [0, 0.05) is 39.8 Å². The van der Waals surface area contributed by atoms with Crippen molar-refractivity contribution >= 4 is 16.8 Å². The van der Waals surface area contributed by atoms with Gasteiger partial charge in [-0.2, -0.15) is 0 Å². The highest BCUT2D eigenvalue weighted by molar-refractivity contribution is 7.85. The highest BCUT2D eigenvalue weighted by atomic mass is 32.2. The minimum absolute atomic E-state index is 0.229. The zero-order chi connectivity index (χ0) is 19.3. The predicted octanol–water partition coefficient (Wildman–Crippen LogP) is 3.66. The van der Waals surface area contributed by atoms with E-state index in [2.05, 4.69) is 48.7 Å². The molecule has 27 heavy (non-hydrogen) atoms. The van der Waals surface area contributed by atoms with Gasteiger partial charge in [0.1, 0.15) is 0 Å². The number of hydrogen-bond acceptors (Lipinski definition) is 2. The zero-order valence-corrected chi connectivity index (χ0v) is 17.9. The number of guanidine groups is 1. The number of aliphatic imine (C=N–C) groups is 1. The molecule has 0 aliphatic heterocycles. The quantitative estimate of drug-likeness (QED) is 0.553. The van der Waals surface area contributed by atoms with Crippen molar-refractivity contribution in [2.45, 2.75) is 76.0 Å². The molecule has 4 nitrogen and oxygen atoms in total. The van der Waals surface area contributed by atoms with Crippen molar-refractivity contribution in [2.75, 3.05) is 18.8 Å². The van der Waals surface area contributed by atoms with Crippen molar-refractivity contribution in [2.24, 2.45) is 4.99 Å². The third-order valence-corrected chi connectivity index (χ3v) is 7.82. The highest BCUT2D eigenvalue weighted by Gasteiger charge is 2.45. The van der Waals surface area contributed by atoms with Crippen LogP contribution in [0.2, 0.25) is 0 Å². The number of nitrogens with zero attached hydrogens (tertiary/aromatic N) is 1. The lowest BCUT2D eigenvalue weighted by atomic mass is 9.92. The summed E-state index contributed by atoms with van der Waals surface area (Å²) in [5.74, 6) is 1.69.